The van der Waals surface area contributed by atoms with E-state index < -0.39 is 0 Å². The van der Waals surface area contributed by atoms with Crippen molar-refractivity contribution in [2.24, 2.45) is 11.8 Å². The Morgan fingerprint density at radius 2 is 0.880 bits per heavy atom. The van der Waals surface area contributed by atoms with Crippen LogP contribution in [0.4, 0.5) is 0 Å². The lowest BCUT2D eigenvalue weighted by molar-refractivity contribution is 0.281. The molecule has 150 valence electrons. The van der Waals surface area contributed by atoms with Crippen LogP contribution in [-0.4, -0.2) is 0 Å². The SMILES string of the molecule is CCCCCCCCCCCC(CCCCCCCC)C1CCCC1. The van der Waals surface area contributed by atoms with E-state index in [0.717, 1.165) is 11.8 Å². The van der Waals surface area contributed by atoms with Gasteiger partial charge in [-0.15, -0.1) is 0 Å². The fourth-order valence-corrected chi connectivity index (χ4v) is 4.95. The van der Waals surface area contributed by atoms with E-state index in [0.29, 0.717) is 0 Å². The van der Waals surface area contributed by atoms with Crippen LogP contribution in [-0.2, 0) is 0 Å². The largest absolute Gasteiger partial charge is 0.0654 e. The molecule has 0 saturated heterocycles. The Kier molecular flexibility index (Phi) is 16.1. The Bertz CT molecular complexity index is 251. The number of hydrogen-bond acceptors (Lipinski definition) is 0. The van der Waals surface area contributed by atoms with Gasteiger partial charge in [0.2, 0.25) is 0 Å². The minimum Gasteiger partial charge on any atom is -0.0654 e. The zero-order valence-corrected chi connectivity index (χ0v) is 18.0. The molecule has 0 spiro atoms. The minimum atomic E-state index is 1.08. The molecule has 1 saturated carbocycles. The molecule has 1 atom stereocenters. The third-order valence-electron chi connectivity index (χ3n) is 6.67. The van der Waals surface area contributed by atoms with Gasteiger partial charge in [-0.1, -0.05) is 149 Å². The van der Waals surface area contributed by atoms with Crippen molar-refractivity contribution in [1.82, 2.24) is 0 Å². The van der Waals surface area contributed by atoms with Crippen molar-refractivity contribution < 1.29 is 0 Å². The lowest BCUT2D eigenvalue weighted by Gasteiger charge is -2.23. The molecule has 0 N–H and O–H groups in total. The number of rotatable bonds is 18. The lowest BCUT2D eigenvalue weighted by atomic mass is 9.82. The quantitative estimate of drug-likeness (QED) is 0.216. The summed E-state index contributed by atoms with van der Waals surface area (Å²) >= 11 is 0. The summed E-state index contributed by atoms with van der Waals surface area (Å²) in [6.45, 7) is 4.63. The van der Waals surface area contributed by atoms with Crippen LogP contribution < -0.4 is 0 Å². The van der Waals surface area contributed by atoms with Crippen LogP contribution in [0.3, 0.4) is 0 Å². The van der Waals surface area contributed by atoms with E-state index in [4.69, 9.17) is 0 Å². The lowest BCUT2D eigenvalue weighted by Crippen LogP contribution is -2.12. The Hall–Kier alpha value is 0. The van der Waals surface area contributed by atoms with Gasteiger partial charge in [-0.3, -0.25) is 0 Å². The smallest absolute Gasteiger partial charge is 0.0386 e. The van der Waals surface area contributed by atoms with Gasteiger partial charge in [0.05, 0.1) is 0 Å². The van der Waals surface area contributed by atoms with E-state index in [-0.39, 0.29) is 0 Å². The fraction of sp³-hybridized carbons (Fsp3) is 1.00. The van der Waals surface area contributed by atoms with Crippen molar-refractivity contribution in [2.45, 2.75) is 149 Å². The minimum absolute atomic E-state index is 1.08. The van der Waals surface area contributed by atoms with E-state index in [1.54, 1.807) is 25.7 Å². The normalized spacial score (nSPS) is 16.6. The molecular weight excluding hydrogens is 300 g/mol. The molecule has 1 fully saturated rings. The van der Waals surface area contributed by atoms with E-state index >= 15 is 0 Å². The summed E-state index contributed by atoms with van der Waals surface area (Å²) in [5.41, 5.74) is 0. The van der Waals surface area contributed by atoms with Gasteiger partial charge in [-0.05, 0) is 11.8 Å². The van der Waals surface area contributed by atoms with Crippen LogP contribution >= 0.6 is 0 Å². The molecule has 0 nitrogen and oxygen atoms in total. The van der Waals surface area contributed by atoms with Crippen LogP contribution in [0.5, 0.6) is 0 Å². The predicted molar refractivity (Wildman–Crippen MR) is 115 cm³/mol. The highest BCUT2D eigenvalue weighted by Gasteiger charge is 2.24. The average Bonchev–Trinajstić information content (AvgIpc) is 3.16. The van der Waals surface area contributed by atoms with Crippen LogP contribution in [0.15, 0.2) is 0 Å². The third kappa shape index (κ3) is 12.9. The van der Waals surface area contributed by atoms with Crippen molar-refractivity contribution in [3.63, 3.8) is 0 Å². The van der Waals surface area contributed by atoms with Crippen LogP contribution in [0.2, 0.25) is 0 Å². The summed E-state index contributed by atoms with van der Waals surface area (Å²) in [7, 11) is 0. The maximum absolute atomic E-state index is 2.32. The Morgan fingerprint density at radius 3 is 1.28 bits per heavy atom. The van der Waals surface area contributed by atoms with Crippen molar-refractivity contribution in [3.8, 4) is 0 Å². The maximum Gasteiger partial charge on any atom is -0.0386 e. The van der Waals surface area contributed by atoms with Gasteiger partial charge in [0.1, 0.15) is 0 Å². The molecule has 1 unspecified atom stereocenters. The zero-order chi connectivity index (χ0) is 18.0. The molecule has 0 radical (unpaired) electrons. The molecule has 0 aromatic carbocycles. The van der Waals surface area contributed by atoms with E-state index in [9.17, 15) is 0 Å². The highest BCUT2D eigenvalue weighted by Crippen LogP contribution is 2.37. The van der Waals surface area contributed by atoms with Crippen molar-refractivity contribution in [3.05, 3.63) is 0 Å². The first-order chi connectivity index (χ1) is 12.4. The van der Waals surface area contributed by atoms with Crippen molar-refractivity contribution >= 4 is 0 Å². The van der Waals surface area contributed by atoms with Crippen LogP contribution in [0.1, 0.15) is 149 Å². The van der Waals surface area contributed by atoms with Gasteiger partial charge in [0.15, 0.2) is 0 Å². The second kappa shape index (κ2) is 17.4. The molecule has 0 amide bonds. The van der Waals surface area contributed by atoms with Gasteiger partial charge in [0, 0.05) is 0 Å². The fourth-order valence-electron chi connectivity index (χ4n) is 4.95. The first-order valence-corrected chi connectivity index (χ1v) is 12.4. The second-order valence-electron chi connectivity index (χ2n) is 8.98. The first-order valence-electron chi connectivity index (χ1n) is 12.4. The third-order valence-corrected chi connectivity index (χ3v) is 6.67. The van der Waals surface area contributed by atoms with Crippen LogP contribution in [0.25, 0.3) is 0 Å². The van der Waals surface area contributed by atoms with Crippen molar-refractivity contribution in [2.75, 3.05) is 0 Å². The molecule has 1 aliphatic rings. The van der Waals surface area contributed by atoms with Gasteiger partial charge in [-0.2, -0.15) is 0 Å². The second-order valence-corrected chi connectivity index (χ2v) is 8.98. The first kappa shape index (κ1) is 23.0. The predicted octanol–water partition coefficient (Wildman–Crippen LogP) is 9.46. The van der Waals surface area contributed by atoms with E-state index in [2.05, 4.69) is 13.8 Å². The summed E-state index contributed by atoms with van der Waals surface area (Å²) in [5, 5.41) is 0. The van der Waals surface area contributed by atoms with Gasteiger partial charge in [0.25, 0.3) is 0 Å². The molecule has 0 bridgehead atoms. The topological polar surface area (TPSA) is 0 Å². The summed E-state index contributed by atoms with van der Waals surface area (Å²) < 4.78 is 0. The monoisotopic (exact) mass is 350 g/mol. The molecule has 0 heterocycles. The van der Waals surface area contributed by atoms with Gasteiger partial charge < -0.3 is 0 Å². The molecule has 25 heavy (non-hydrogen) atoms. The Balaban J connectivity index is 2.04. The van der Waals surface area contributed by atoms with E-state index in [1.807, 2.05) is 0 Å². The van der Waals surface area contributed by atoms with Crippen molar-refractivity contribution in [1.29, 1.82) is 0 Å². The molecule has 0 aromatic heterocycles. The number of hydrogen-bond donors (Lipinski definition) is 0. The summed E-state index contributed by atoms with van der Waals surface area (Å²) in [6.07, 6.45) is 31.4. The molecule has 0 aliphatic heterocycles. The summed E-state index contributed by atoms with van der Waals surface area (Å²) in [5.74, 6) is 2.18. The van der Waals surface area contributed by atoms with Crippen LogP contribution in [0, 0.1) is 11.8 Å². The Morgan fingerprint density at radius 1 is 0.520 bits per heavy atom. The Labute approximate surface area is 160 Å². The molecule has 0 heteroatoms. The van der Waals surface area contributed by atoms with Gasteiger partial charge in [-0.25, -0.2) is 0 Å². The van der Waals surface area contributed by atoms with E-state index in [1.165, 1.54) is 109 Å². The highest BCUT2D eigenvalue weighted by atomic mass is 14.3. The summed E-state index contributed by atoms with van der Waals surface area (Å²) in [4.78, 5) is 0. The zero-order valence-electron chi connectivity index (χ0n) is 18.0. The molecule has 1 aliphatic carbocycles. The van der Waals surface area contributed by atoms with Gasteiger partial charge >= 0.3 is 0 Å². The highest BCUT2D eigenvalue weighted by molar-refractivity contribution is 4.75. The summed E-state index contributed by atoms with van der Waals surface area (Å²) in [6, 6.07) is 0. The molecule has 1 rings (SSSR count). The molecular formula is C25H50. The number of unbranched alkanes of at least 4 members (excludes halogenated alkanes) is 13. The standard InChI is InChI=1S/C25H50/c1-3-5-7-9-11-12-13-15-17-21-24(25-22-18-19-23-25)20-16-14-10-8-6-4-2/h24-25H,3-23H2,1-2H3. The molecule has 0 aromatic rings. The maximum atomic E-state index is 2.32. The average molecular weight is 351 g/mol.